The Labute approximate surface area is 124 Å². The number of fused-ring (bicyclic) bond motifs is 1. The normalized spacial score (nSPS) is 22.4. The Kier molecular flexibility index (Phi) is 3.86. The minimum atomic E-state index is -0.726. The predicted octanol–water partition coefficient (Wildman–Crippen LogP) is 3.03. The summed E-state index contributed by atoms with van der Waals surface area (Å²) in [5.74, 6) is -1.82. The van der Waals surface area contributed by atoms with Crippen LogP contribution in [0.4, 0.5) is 13.9 Å². The fourth-order valence-electron chi connectivity index (χ4n) is 2.69. The van der Waals surface area contributed by atoms with Crippen LogP contribution >= 0.6 is 11.3 Å². The molecule has 2 atom stereocenters. The second-order valence-electron chi connectivity index (χ2n) is 5.30. The summed E-state index contributed by atoms with van der Waals surface area (Å²) in [5, 5.41) is 2.95. The molecule has 1 saturated carbocycles. The zero-order valence-corrected chi connectivity index (χ0v) is 12.1. The molecule has 112 valence electrons. The highest BCUT2D eigenvalue weighted by Crippen LogP contribution is 2.30. The van der Waals surface area contributed by atoms with Crippen molar-refractivity contribution in [1.82, 2.24) is 4.98 Å². The third kappa shape index (κ3) is 2.89. The number of amides is 1. The Bertz CT molecular complexity index is 688. The van der Waals surface area contributed by atoms with Gasteiger partial charge in [0.15, 0.2) is 10.9 Å². The molecule has 7 heteroatoms. The number of carbonyl (C=O) groups excluding carboxylic acids is 1. The molecule has 0 radical (unpaired) electrons. The molecular weight excluding hydrogens is 296 g/mol. The molecule has 1 aliphatic carbocycles. The molecule has 1 unspecified atom stereocenters. The number of nitrogens with two attached hydrogens (primary N) is 1. The van der Waals surface area contributed by atoms with E-state index in [-0.39, 0.29) is 28.5 Å². The topological polar surface area (TPSA) is 68.0 Å². The molecule has 1 heterocycles. The molecular formula is C14H15F2N3OS. The SMILES string of the molecule is N[C@H]1CCCCC1C(=O)Nc1nc2c(F)cc(F)cc2s1. The summed E-state index contributed by atoms with van der Waals surface area (Å²) in [6.45, 7) is 0. The first-order valence-electron chi connectivity index (χ1n) is 6.86. The van der Waals surface area contributed by atoms with Gasteiger partial charge in [-0.1, -0.05) is 24.2 Å². The summed E-state index contributed by atoms with van der Waals surface area (Å²) < 4.78 is 27.1. The molecule has 1 amide bonds. The number of halogens is 2. The minimum absolute atomic E-state index is 0.0737. The van der Waals surface area contributed by atoms with Crippen molar-refractivity contribution in [3.8, 4) is 0 Å². The minimum Gasteiger partial charge on any atom is -0.327 e. The Balaban J connectivity index is 1.81. The number of hydrogen-bond acceptors (Lipinski definition) is 4. The Morgan fingerprint density at radius 1 is 1.33 bits per heavy atom. The lowest BCUT2D eigenvalue weighted by molar-refractivity contribution is -0.121. The van der Waals surface area contributed by atoms with Gasteiger partial charge in [-0.2, -0.15) is 0 Å². The highest BCUT2D eigenvalue weighted by molar-refractivity contribution is 7.22. The first-order chi connectivity index (χ1) is 10.0. The van der Waals surface area contributed by atoms with Crippen molar-refractivity contribution in [1.29, 1.82) is 0 Å². The number of carbonyl (C=O) groups is 1. The van der Waals surface area contributed by atoms with E-state index in [1.165, 1.54) is 6.07 Å². The lowest BCUT2D eigenvalue weighted by Gasteiger charge is -2.26. The standard InChI is InChI=1S/C14H15F2N3OS/c15-7-5-9(16)12-11(6-7)21-14(18-12)19-13(20)8-3-1-2-4-10(8)17/h5-6,8,10H,1-4,17H2,(H,18,19,20)/t8?,10-/m0/s1. The third-order valence-corrected chi connectivity index (χ3v) is 4.72. The number of thiazole rings is 1. The lowest BCUT2D eigenvalue weighted by atomic mass is 9.84. The molecule has 0 spiro atoms. The number of rotatable bonds is 2. The van der Waals surface area contributed by atoms with Gasteiger partial charge in [-0.15, -0.1) is 0 Å². The van der Waals surface area contributed by atoms with Gasteiger partial charge in [0, 0.05) is 12.1 Å². The van der Waals surface area contributed by atoms with Crippen molar-refractivity contribution in [2.24, 2.45) is 11.7 Å². The van der Waals surface area contributed by atoms with Gasteiger partial charge in [-0.3, -0.25) is 4.79 Å². The number of nitrogens with zero attached hydrogens (tertiary/aromatic N) is 1. The molecule has 3 rings (SSSR count). The molecule has 0 bridgehead atoms. The number of hydrogen-bond donors (Lipinski definition) is 2. The van der Waals surface area contributed by atoms with Crippen LogP contribution in [0.5, 0.6) is 0 Å². The zero-order chi connectivity index (χ0) is 15.0. The summed E-state index contributed by atoms with van der Waals surface area (Å²) in [6.07, 6.45) is 3.60. The average Bonchev–Trinajstić information content (AvgIpc) is 2.81. The summed E-state index contributed by atoms with van der Waals surface area (Å²) >= 11 is 1.06. The van der Waals surface area contributed by atoms with Gasteiger partial charge in [-0.25, -0.2) is 13.8 Å². The highest BCUT2D eigenvalue weighted by Gasteiger charge is 2.28. The first-order valence-corrected chi connectivity index (χ1v) is 7.68. The monoisotopic (exact) mass is 311 g/mol. The zero-order valence-electron chi connectivity index (χ0n) is 11.2. The highest BCUT2D eigenvalue weighted by atomic mass is 32.1. The smallest absolute Gasteiger partial charge is 0.230 e. The number of anilines is 1. The van der Waals surface area contributed by atoms with Crippen LogP contribution in [-0.4, -0.2) is 16.9 Å². The van der Waals surface area contributed by atoms with Crippen molar-refractivity contribution >= 4 is 32.6 Å². The quantitative estimate of drug-likeness (QED) is 0.896. The summed E-state index contributed by atoms with van der Waals surface area (Å²) in [7, 11) is 0. The van der Waals surface area contributed by atoms with Gasteiger partial charge < -0.3 is 11.1 Å². The number of benzene rings is 1. The van der Waals surface area contributed by atoms with E-state index in [0.29, 0.717) is 4.70 Å². The fourth-order valence-corrected chi connectivity index (χ4v) is 3.60. The number of nitrogens with one attached hydrogen (secondary N) is 1. The summed E-state index contributed by atoms with van der Waals surface area (Å²) in [5.41, 5.74) is 6.04. The molecule has 4 nitrogen and oxygen atoms in total. The molecule has 1 aromatic heterocycles. The van der Waals surface area contributed by atoms with Gasteiger partial charge >= 0.3 is 0 Å². The van der Waals surface area contributed by atoms with E-state index in [0.717, 1.165) is 43.1 Å². The van der Waals surface area contributed by atoms with Crippen LogP contribution in [0.15, 0.2) is 12.1 Å². The molecule has 21 heavy (non-hydrogen) atoms. The lowest BCUT2D eigenvalue weighted by Crippen LogP contribution is -2.40. The van der Waals surface area contributed by atoms with Crippen molar-refractivity contribution in [2.75, 3.05) is 5.32 Å². The molecule has 0 saturated heterocycles. The van der Waals surface area contributed by atoms with Crippen LogP contribution in [-0.2, 0) is 4.79 Å². The molecule has 1 aliphatic rings. The van der Waals surface area contributed by atoms with Gasteiger partial charge in [0.25, 0.3) is 0 Å². The Morgan fingerprint density at radius 2 is 2.10 bits per heavy atom. The van der Waals surface area contributed by atoms with Crippen molar-refractivity contribution in [2.45, 2.75) is 31.7 Å². The number of aromatic nitrogens is 1. The summed E-state index contributed by atoms with van der Waals surface area (Å²) in [4.78, 5) is 16.2. The largest absolute Gasteiger partial charge is 0.327 e. The Hall–Kier alpha value is -1.60. The van der Waals surface area contributed by atoms with Crippen LogP contribution in [0, 0.1) is 17.6 Å². The molecule has 0 aliphatic heterocycles. The predicted molar refractivity (Wildman–Crippen MR) is 78.1 cm³/mol. The van der Waals surface area contributed by atoms with E-state index >= 15 is 0 Å². The van der Waals surface area contributed by atoms with Gasteiger partial charge in [-0.05, 0) is 18.9 Å². The second kappa shape index (κ2) is 5.65. The maximum Gasteiger partial charge on any atom is 0.230 e. The van der Waals surface area contributed by atoms with Gasteiger partial charge in [0.05, 0.1) is 10.6 Å². The van der Waals surface area contributed by atoms with Gasteiger partial charge in [0.1, 0.15) is 11.3 Å². The van der Waals surface area contributed by atoms with E-state index in [2.05, 4.69) is 10.3 Å². The van der Waals surface area contributed by atoms with Crippen LogP contribution in [0.1, 0.15) is 25.7 Å². The van der Waals surface area contributed by atoms with Crippen molar-refractivity contribution < 1.29 is 13.6 Å². The van der Waals surface area contributed by atoms with Crippen molar-refractivity contribution in [3.63, 3.8) is 0 Å². The van der Waals surface area contributed by atoms with Crippen LogP contribution in [0.25, 0.3) is 10.2 Å². The molecule has 1 fully saturated rings. The molecule has 2 aromatic rings. The van der Waals surface area contributed by atoms with Crippen LogP contribution in [0.3, 0.4) is 0 Å². The Morgan fingerprint density at radius 3 is 2.86 bits per heavy atom. The van der Waals surface area contributed by atoms with E-state index in [9.17, 15) is 13.6 Å². The first kappa shape index (κ1) is 14.3. The maximum atomic E-state index is 13.6. The second-order valence-corrected chi connectivity index (χ2v) is 6.33. The molecule has 3 N–H and O–H groups in total. The van der Waals surface area contributed by atoms with E-state index in [4.69, 9.17) is 5.73 Å². The van der Waals surface area contributed by atoms with E-state index in [1.807, 2.05) is 0 Å². The van der Waals surface area contributed by atoms with Crippen LogP contribution in [0.2, 0.25) is 0 Å². The maximum absolute atomic E-state index is 13.6. The van der Waals surface area contributed by atoms with E-state index < -0.39 is 11.6 Å². The van der Waals surface area contributed by atoms with Gasteiger partial charge in [0.2, 0.25) is 5.91 Å². The van der Waals surface area contributed by atoms with Crippen LogP contribution < -0.4 is 11.1 Å². The van der Waals surface area contributed by atoms with Crippen molar-refractivity contribution in [3.05, 3.63) is 23.8 Å². The third-order valence-electron chi connectivity index (χ3n) is 3.80. The fraction of sp³-hybridized carbons (Fsp3) is 0.429. The molecule has 1 aromatic carbocycles. The summed E-state index contributed by atoms with van der Waals surface area (Å²) in [6, 6.07) is 1.84. The average molecular weight is 311 g/mol. The van der Waals surface area contributed by atoms with E-state index in [1.54, 1.807) is 0 Å².